The summed E-state index contributed by atoms with van der Waals surface area (Å²) in [5.74, 6) is 0.291. The number of carbonyl (C=O) groups is 6. The summed E-state index contributed by atoms with van der Waals surface area (Å²) in [6.07, 6.45) is 15.1. The van der Waals surface area contributed by atoms with Crippen LogP contribution >= 0.6 is 46.4 Å². The first-order valence-electron chi connectivity index (χ1n) is 51.0. The van der Waals surface area contributed by atoms with E-state index in [1.54, 1.807) is 95.9 Å². The van der Waals surface area contributed by atoms with Gasteiger partial charge < -0.3 is 58.6 Å². The van der Waals surface area contributed by atoms with Gasteiger partial charge in [-0.05, 0) is 351 Å². The average molecular weight is 2090 g/mol. The van der Waals surface area contributed by atoms with Crippen molar-refractivity contribution in [3.05, 3.63) is 239 Å². The number of aromatic nitrogens is 3. The number of alkyl halides is 3. The maximum absolute atomic E-state index is 15.7. The van der Waals surface area contributed by atoms with E-state index in [1.165, 1.54) is 16.2 Å². The molecule has 0 saturated carbocycles. The molecule has 27 nitrogen and oxygen atoms in total. The Morgan fingerprint density at radius 3 is 1.00 bits per heavy atom. The van der Waals surface area contributed by atoms with Crippen LogP contribution in [0.25, 0.3) is 33.4 Å². The Kier molecular flexibility index (Phi) is 34.9. The molecule has 6 N–H and O–H groups in total. The minimum Gasteiger partial charge on any atom is -0.496 e. The van der Waals surface area contributed by atoms with Gasteiger partial charge in [-0.15, -0.1) is 13.2 Å². The van der Waals surface area contributed by atoms with Gasteiger partial charge in [0.1, 0.15) is 41.2 Å². The van der Waals surface area contributed by atoms with E-state index in [2.05, 4.69) is 78.2 Å². The van der Waals surface area contributed by atoms with E-state index in [4.69, 9.17) is 55.9 Å². The average Bonchev–Trinajstić information content (AvgIpc) is 0.777. The van der Waals surface area contributed by atoms with E-state index < -0.39 is 24.5 Å². The van der Waals surface area contributed by atoms with Crippen LogP contribution in [0, 0.1) is 47.4 Å². The number of likely N-dealkylation sites (tertiary alicyclic amines) is 6. The summed E-state index contributed by atoms with van der Waals surface area (Å²) >= 11 is 27.1. The summed E-state index contributed by atoms with van der Waals surface area (Å²) in [6, 6.07) is 30.3. The molecule has 35 heteroatoms. The van der Waals surface area contributed by atoms with Gasteiger partial charge in [0.05, 0.1) is 14.2 Å². The Hall–Kier alpha value is -11.0. The molecule has 9 saturated heterocycles. The van der Waals surface area contributed by atoms with Crippen molar-refractivity contribution >= 4 is 98.9 Å². The number of aryl methyl sites for hydroxylation is 3. The van der Waals surface area contributed by atoms with Crippen LogP contribution in [-0.4, -0.2) is 214 Å². The quantitative estimate of drug-likeness (QED) is 0.0242. The molecule has 780 valence electrons. The highest BCUT2D eigenvalue weighted by molar-refractivity contribution is 6.33. The molecule has 6 amide bonds. The number of hydrogen-bond acceptors (Lipinski definition) is 21. The van der Waals surface area contributed by atoms with Gasteiger partial charge in [-0.2, -0.15) is 0 Å². The maximum atomic E-state index is 15.7. The van der Waals surface area contributed by atoms with E-state index in [0.29, 0.717) is 147 Å². The van der Waals surface area contributed by atoms with Crippen LogP contribution < -0.4 is 62.8 Å². The molecule has 3 atom stereocenters. The van der Waals surface area contributed by atoms with Gasteiger partial charge >= 0.3 is 6.36 Å². The number of imide groups is 3. The lowest BCUT2D eigenvalue weighted by Crippen LogP contribution is -2.47. The first-order chi connectivity index (χ1) is 69.8. The molecule has 0 bridgehead atoms. The fourth-order valence-corrected chi connectivity index (χ4v) is 24.0. The highest BCUT2D eigenvalue weighted by Crippen LogP contribution is 2.45. The topological polar surface area (TPSA) is 288 Å². The maximum Gasteiger partial charge on any atom is 0.573 e. The second-order valence-electron chi connectivity index (χ2n) is 40.9. The van der Waals surface area contributed by atoms with Crippen LogP contribution in [0.3, 0.4) is 0 Å². The number of benzene rings is 6. The van der Waals surface area contributed by atoms with Gasteiger partial charge in [-0.3, -0.25) is 73.8 Å². The molecular formula is C111H133Cl4F4N15O12. The van der Waals surface area contributed by atoms with Crippen LogP contribution in [0.15, 0.2) is 130 Å². The molecule has 9 aromatic rings. The number of methoxy groups -OCH3 is 2. The van der Waals surface area contributed by atoms with E-state index in [-0.39, 0.29) is 63.7 Å². The Morgan fingerprint density at radius 1 is 0.356 bits per heavy atom. The zero-order valence-corrected chi connectivity index (χ0v) is 88.0. The molecule has 9 aliphatic heterocycles. The normalized spacial score (nSPS) is 20.2. The van der Waals surface area contributed by atoms with Gasteiger partial charge in [0.2, 0.25) is 35.4 Å². The van der Waals surface area contributed by atoms with Crippen molar-refractivity contribution in [2.45, 2.75) is 237 Å². The van der Waals surface area contributed by atoms with Crippen LogP contribution in [0.4, 0.5) is 34.6 Å². The number of nitrogens with zero attached hydrogens (tertiary/aromatic N) is 9. The minimum absolute atomic E-state index is 0.0102. The van der Waals surface area contributed by atoms with E-state index in [0.717, 1.165) is 246 Å². The van der Waals surface area contributed by atoms with Crippen LogP contribution in [0.2, 0.25) is 20.1 Å². The van der Waals surface area contributed by atoms with Crippen molar-refractivity contribution in [2.75, 3.05) is 109 Å². The molecule has 146 heavy (non-hydrogen) atoms. The lowest BCUT2D eigenvalue weighted by Gasteiger charge is -2.42. The molecule has 0 spiro atoms. The summed E-state index contributed by atoms with van der Waals surface area (Å²) in [6.45, 7) is 23.9. The Morgan fingerprint density at radius 2 is 0.671 bits per heavy atom. The second kappa shape index (κ2) is 47.3. The molecule has 6 aromatic carbocycles. The number of pyridine rings is 3. The number of halogens is 8. The predicted octanol–water partition coefficient (Wildman–Crippen LogP) is 17.9. The van der Waals surface area contributed by atoms with Crippen LogP contribution in [0.5, 0.6) is 17.2 Å². The summed E-state index contributed by atoms with van der Waals surface area (Å²) in [5.41, 5.74) is 16.8. The molecule has 12 heterocycles. The lowest BCUT2D eigenvalue weighted by molar-refractivity contribution is -0.275. The number of amides is 6. The Balaban J connectivity index is 0.000000157. The molecule has 3 unspecified atom stereocenters. The van der Waals surface area contributed by atoms with E-state index in [1.807, 2.05) is 87.6 Å². The van der Waals surface area contributed by atoms with Crippen molar-refractivity contribution in [3.63, 3.8) is 0 Å². The number of carbonyl (C=O) groups excluding carboxylic acids is 6. The molecule has 9 aliphatic rings. The zero-order chi connectivity index (χ0) is 104. The highest BCUT2D eigenvalue weighted by atomic mass is 35.5. The lowest BCUT2D eigenvalue weighted by atomic mass is 9.87. The fourth-order valence-electron chi connectivity index (χ4n) is 22.8. The first kappa shape index (κ1) is 108. The van der Waals surface area contributed by atoms with Gasteiger partial charge in [0.25, 0.3) is 16.7 Å². The third-order valence-electron chi connectivity index (χ3n) is 31.8. The summed E-state index contributed by atoms with van der Waals surface area (Å²) < 4.78 is 76.9. The minimum atomic E-state index is -4.83. The molecular weight excluding hydrogens is 1950 g/mol. The second-order valence-corrected chi connectivity index (χ2v) is 42.5. The smallest absolute Gasteiger partial charge is 0.496 e. The fraction of sp³-hybridized carbons (Fsp3) is 0.486. The number of ether oxygens (including phenoxy) is 3. The van der Waals surface area contributed by atoms with Crippen molar-refractivity contribution in [2.24, 2.45) is 21.1 Å². The third kappa shape index (κ3) is 25.6. The summed E-state index contributed by atoms with van der Waals surface area (Å²) in [4.78, 5) is 123. The Labute approximate surface area is 870 Å². The van der Waals surface area contributed by atoms with Crippen molar-refractivity contribution in [3.8, 4) is 50.6 Å². The van der Waals surface area contributed by atoms with Crippen LogP contribution in [0.1, 0.15) is 200 Å². The summed E-state index contributed by atoms with van der Waals surface area (Å²) in [7, 11) is 8.39. The highest BCUT2D eigenvalue weighted by Gasteiger charge is 2.39. The first-order valence-corrected chi connectivity index (χ1v) is 52.5. The number of hydrogen-bond donors (Lipinski definition) is 6. The SMILES string of the molecule is COc1cc(-c2cn(C)c(=O)c(C)c2C)cc(Cl)c1CN1CCC(N2CCC(c3ccc(NC4CCC(=O)NC4=O)cc3Cl)CC2)CC1.COc1cc(-c2cn(C)c(=O)c(C)c2C)cc(F)c1CN1CCC(N2CCC(c3ccc(NC4CCC(=O)NC4=O)cc3Cl)CC2)CC1.Cc1c(-c2ccc(CN3CCC(N4CCC(c5ccc(NC6CCC(=O)NC6=O)cc5Cl)CC4)CC3)c(OC(F)(F)F)c2)cn(C)c(=O)c1C. The number of nitrogens with one attached hydrogen (secondary N) is 6. The van der Waals surface area contributed by atoms with Gasteiger partial charge in [-0.1, -0.05) is 76.7 Å². The van der Waals surface area contributed by atoms with Crippen molar-refractivity contribution < 1.29 is 60.5 Å². The molecule has 3 aromatic heterocycles. The zero-order valence-electron chi connectivity index (χ0n) is 84.9. The van der Waals surface area contributed by atoms with E-state index >= 15 is 4.39 Å². The van der Waals surface area contributed by atoms with Gasteiger partial charge in [-0.25, -0.2) is 4.39 Å². The van der Waals surface area contributed by atoms with Crippen molar-refractivity contribution in [1.82, 2.24) is 59.1 Å². The monoisotopic (exact) mass is 2080 g/mol. The number of piperidine rings is 9. The molecule has 9 fully saturated rings. The molecule has 0 aliphatic carbocycles. The largest absolute Gasteiger partial charge is 0.573 e. The standard InChI is InChI=1S/C37H45Cl2N5O4.C37H43ClF3N5O4.C37H45ClFN5O4/c1-22-23(2)37(47)42(3)20-29(22)25-17-31(38)30(34(18-25)48-4)21-43-13-11-27(12-14-43)44-15-9-24(10-16-44)28-6-5-26(19-32(28)39)40-33-7-8-35(45)41-36(33)46;1-22-23(2)36(49)44(3)21-30(22)25-4-5-26(33(18-25)50-37(39,40)41)20-45-14-12-28(13-15-45)46-16-10-24(11-17-46)29-7-6-27(19-31(29)38)42-32-8-9-34(47)43-35(32)48;1-22-23(2)37(47)42(3)20-29(22)25-17-32(39)30(34(18-25)48-4)21-43-13-11-27(12-14-43)44-15-9-24(10-16-44)28-6-5-26(19-31(28)38)40-33-7-8-35(45)41-36(33)46/h5-6,17-20,24,27,33,40H,7-16,21H2,1-4H3,(H,41,45,46);4-7,18-19,21,24,28,32,42H,8-17,20H2,1-3H3,(H,43,47,48);5-6,17-20,24,27,33,40H,7-16,21H2,1-4H3,(H,41,45,46). The number of rotatable bonds is 24. The molecule has 18 rings (SSSR count). The van der Waals surface area contributed by atoms with Crippen molar-refractivity contribution in [1.29, 1.82) is 0 Å². The third-order valence-corrected chi connectivity index (χ3v) is 33.1. The van der Waals surface area contributed by atoms with E-state index in [9.17, 15) is 56.3 Å². The van der Waals surface area contributed by atoms with Gasteiger partial charge in [0.15, 0.2) is 0 Å². The molecule has 0 radical (unpaired) electrons. The van der Waals surface area contributed by atoms with Gasteiger partial charge in [0, 0.05) is 184 Å². The predicted molar refractivity (Wildman–Crippen MR) is 564 cm³/mol. The number of anilines is 3. The summed E-state index contributed by atoms with van der Waals surface area (Å²) in [5, 5.41) is 19.5. The Bertz CT molecular complexity index is 6310. The van der Waals surface area contributed by atoms with Crippen LogP contribution in [-0.2, 0) is 69.5 Å².